The van der Waals surface area contributed by atoms with Gasteiger partial charge in [-0.05, 0) is 18.2 Å². The van der Waals surface area contributed by atoms with Crippen molar-refractivity contribution in [3.63, 3.8) is 0 Å². The number of hydrogen-bond acceptors (Lipinski definition) is 5. The molecule has 0 aliphatic carbocycles. The lowest BCUT2D eigenvalue weighted by Gasteiger charge is -2.04. The quantitative estimate of drug-likeness (QED) is 0.631. The predicted molar refractivity (Wildman–Crippen MR) is 86.4 cm³/mol. The van der Waals surface area contributed by atoms with Crippen LogP contribution in [0.1, 0.15) is 5.69 Å². The lowest BCUT2D eigenvalue weighted by Crippen LogP contribution is -2.11. The Kier molecular flexibility index (Phi) is 4.38. The summed E-state index contributed by atoms with van der Waals surface area (Å²) < 4.78 is 64.8. The van der Waals surface area contributed by atoms with Crippen LogP contribution in [0.25, 0.3) is 10.6 Å². The van der Waals surface area contributed by atoms with Gasteiger partial charge in [0.25, 0.3) is 10.0 Å². The molecule has 3 aromatic rings. The van der Waals surface area contributed by atoms with Crippen LogP contribution in [0.15, 0.2) is 28.7 Å². The Balaban J connectivity index is 2.03. The summed E-state index contributed by atoms with van der Waals surface area (Å²) in [6.45, 7) is 0. The average Bonchev–Trinajstić information content (AvgIpc) is 3.18. The van der Waals surface area contributed by atoms with E-state index in [1.807, 2.05) is 0 Å². The van der Waals surface area contributed by atoms with Crippen molar-refractivity contribution in [2.45, 2.75) is 10.4 Å². The molecule has 6 nitrogen and oxygen atoms in total. The van der Waals surface area contributed by atoms with Crippen LogP contribution in [0, 0.1) is 0 Å². The molecule has 0 saturated heterocycles. The van der Waals surface area contributed by atoms with E-state index in [2.05, 4.69) is 10.1 Å². The molecular formula is C12H7Cl2F3N4O2S2. The maximum atomic E-state index is 12.8. The molecule has 0 amide bonds. The van der Waals surface area contributed by atoms with E-state index in [0.29, 0.717) is 8.65 Å². The molecule has 25 heavy (non-hydrogen) atoms. The molecule has 3 rings (SSSR count). The molecule has 0 radical (unpaired) electrons. The zero-order valence-corrected chi connectivity index (χ0v) is 15.3. The third-order valence-corrected chi connectivity index (χ3v) is 7.22. The van der Waals surface area contributed by atoms with E-state index in [1.165, 1.54) is 12.1 Å². The number of thiophene rings is 1. The fourth-order valence-electron chi connectivity index (χ4n) is 2.01. The highest BCUT2D eigenvalue weighted by Crippen LogP contribution is 2.36. The van der Waals surface area contributed by atoms with Crippen LogP contribution < -0.4 is 0 Å². The number of aryl methyl sites for hydroxylation is 1. The van der Waals surface area contributed by atoms with E-state index in [9.17, 15) is 21.6 Å². The summed E-state index contributed by atoms with van der Waals surface area (Å²) >= 11 is 12.2. The molecule has 0 atom stereocenters. The molecule has 0 aliphatic heterocycles. The SMILES string of the molecule is Cn1nc(-c2ccc(S(=O)(=O)n3cnc(Cl)c3Cl)s2)cc1C(F)(F)F. The molecule has 0 spiro atoms. The monoisotopic (exact) mass is 430 g/mol. The maximum absolute atomic E-state index is 12.8. The fraction of sp³-hybridized carbons (Fsp3) is 0.167. The van der Waals surface area contributed by atoms with Gasteiger partial charge in [0.15, 0.2) is 10.3 Å². The number of hydrogen-bond donors (Lipinski definition) is 0. The lowest BCUT2D eigenvalue weighted by atomic mass is 10.3. The fourth-order valence-corrected chi connectivity index (χ4v) is 5.09. The topological polar surface area (TPSA) is 69.8 Å². The van der Waals surface area contributed by atoms with Gasteiger partial charge in [-0.1, -0.05) is 23.2 Å². The maximum Gasteiger partial charge on any atom is 0.433 e. The summed E-state index contributed by atoms with van der Waals surface area (Å²) in [6.07, 6.45) is -3.62. The van der Waals surface area contributed by atoms with E-state index in [1.54, 1.807) is 0 Å². The van der Waals surface area contributed by atoms with Crippen LogP contribution in [0.2, 0.25) is 10.3 Å². The van der Waals surface area contributed by atoms with E-state index in [-0.39, 0.29) is 25.1 Å². The minimum absolute atomic E-state index is 0.0102. The van der Waals surface area contributed by atoms with Crippen molar-refractivity contribution in [2.24, 2.45) is 7.05 Å². The minimum Gasteiger partial charge on any atom is -0.263 e. The summed E-state index contributed by atoms with van der Waals surface area (Å²) in [6, 6.07) is 3.47. The molecule has 0 fully saturated rings. The molecular weight excluding hydrogens is 424 g/mol. The summed E-state index contributed by atoms with van der Waals surface area (Å²) in [5.74, 6) is 0. The van der Waals surface area contributed by atoms with Crippen molar-refractivity contribution in [2.75, 3.05) is 0 Å². The van der Waals surface area contributed by atoms with Gasteiger partial charge >= 0.3 is 6.18 Å². The van der Waals surface area contributed by atoms with E-state index < -0.39 is 21.9 Å². The summed E-state index contributed by atoms with van der Waals surface area (Å²) in [7, 11) is -2.91. The first-order valence-corrected chi connectivity index (χ1v) is 9.38. The van der Waals surface area contributed by atoms with Crippen LogP contribution in [-0.4, -0.2) is 27.2 Å². The second kappa shape index (κ2) is 6.01. The van der Waals surface area contributed by atoms with E-state index in [0.717, 1.165) is 30.8 Å². The Bertz CT molecular complexity index is 1050. The van der Waals surface area contributed by atoms with E-state index >= 15 is 0 Å². The van der Waals surface area contributed by atoms with Gasteiger partial charge < -0.3 is 0 Å². The van der Waals surface area contributed by atoms with Gasteiger partial charge in [-0.3, -0.25) is 4.68 Å². The van der Waals surface area contributed by atoms with Gasteiger partial charge in [-0.15, -0.1) is 11.3 Å². The summed E-state index contributed by atoms with van der Waals surface area (Å²) in [4.78, 5) is 3.85. The Hall–Kier alpha value is -1.56. The second-order valence-corrected chi connectivity index (χ2v) is 8.62. The van der Waals surface area contributed by atoms with Crippen molar-refractivity contribution in [1.82, 2.24) is 18.7 Å². The number of aromatic nitrogens is 4. The van der Waals surface area contributed by atoms with Gasteiger partial charge in [0.2, 0.25) is 0 Å². The Labute approximate surface area is 153 Å². The molecule has 134 valence electrons. The molecule has 0 aromatic carbocycles. The number of alkyl halides is 3. The zero-order chi connectivity index (χ0) is 18.6. The van der Waals surface area contributed by atoms with Gasteiger partial charge in [-0.2, -0.15) is 26.7 Å². The van der Waals surface area contributed by atoms with Crippen molar-refractivity contribution >= 4 is 44.6 Å². The third-order valence-electron chi connectivity index (χ3n) is 3.16. The number of nitrogens with zero attached hydrogens (tertiary/aromatic N) is 4. The molecule has 0 aliphatic rings. The Morgan fingerprint density at radius 2 is 1.92 bits per heavy atom. The molecule has 3 aromatic heterocycles. The first-order valence-electron chi connectivity index (χ1n) is 6.37. The normalized spacial score (nSPS) is 12.7. The van der Waals surface area contributed by atoms with Gasteiger partial charge in [0.05, 0.1) is 4.88 Å². The molecule has 0 unspecified atom stereocenters. The van der Waals surface area contributed by atoms with Crippen LogP contribution >= 0.6 is 34.5 Å². The number of rotatable bonds is 3. The van der Waals surface area contributed by atoms with E-state index in [4.69, 9.17) is 23.2 Å². The van der Waals surface area contributed by atoms with Crippen LogP contribution in [-0.2, 0) is 23.2 Å². The highest BCUT2D eigenvalue weighted by molar-refractivity contribution is 7.92. The van der Waals surface area contributed by atoms with Gasteiger partial charge in [-0.25, -0.2) is 8.96 Å². The lowest BCUT2D eigenvalue weighted by molar-refractivity contribution is -0.143. The average molecular weight is 431 g/mol. The Morgan fingerprint density at radius 3 is 2.44 bits per heavy atom. The zero-order valence-electron chi connectivity index (χ0n) is 12.1. The smallest absolute Gasteiger partial charge is 0.263 e. The molecule has 13 heteroatoms. The van der Waals surface area contributed by atoms with Crippen LogP contribution in [0.4, 0.5) is 13.2 Å². The standard InChI is InChI=1S/C12H7Cl2F3N4O2S2/c1-20-8(12(15,16)17)4-6(19-20)7-2-3-9(24-7)25(22,23)21-5-18-10(13)11(21)14/h2-5H,1H3. The van der Waals surface area contributed by atoms with Crippen molar-refractivity contribution < 1.29 is 21.6 Å². The highest BCUT2D eigenvalue weighted by Gasteiger charge is 2.35. The highest BCUT2D eigenvalue weighted by atomic mass is 35.5. The van der Waals surface area contributed by atoms with Crippen molar-refractivity contribution in [3.8, 4) is 10.6 Å². The molecule has 0 bridgehead atoms. The predicted octanol–water partition coefficient (Wildman–Crippen LogP) is 3.91. The second-order valence-electron chi connectivity index (χ2n) is 4.78. The van der Waals surface area contributed by atoms with Gasteiger partial charge in [0.1, 0.15) is 21.9 Å². The molecule has 3 heterocycles. The minimum atomic E-state index is -4.56. The first-order chi connectivity index (χ1) is 11.5. The van der Waals surface area contributed by atoms with Crippen molar-refractivity contribution in [3.05, 3.63) is 40.5 Å². The van der Waals surface area contributed by atoms with Gasteiger partial charge in [0, 0.05) is 7.05 Å². The molecule has 0 N–H and O–H groups in total. The van der Waals surface area contributed by atoms with Crippen molar-refractivity contribution in [1.29, 1.82) is 0 Å². The third kappa shape index (κ3) is 3.16. The van der Waals surface area contributed by atoms with Crippen LogP contribution in [0.3, 0.4) is 0 Å². The molecule has 0 saturated carbocycles. The summed E-state index contributed by atoms with van der Waals surface area (Å²) in [5.41, 5.74) is -0.930. The summed E-state index contributed by atoms with van der Waals surface area (Å²) in [5, 5.41) is 3.32. The largest absolute Gasteiger partial charge is 0.433 e. The number of halogens is 5. The van der Waals surface area contributed by atoms with Crippen LogP contribution in [0.5, 0.6) is 0 Å². The number of imidazole rings is 1. The first kappa shape index (κ1) is 18.2. The Morgan fingerprint density at radius 1 is 1.24 bits per heavy atom.